The van der Waals surface area contributed by atoms with Gasteiger partial charge in [0.05, 0.1) is 11.1 Å². The first-order chi connectivity index (χ1) is 12.6. The zero-order valence-corrected chi connectivity index (χ0v) is 14.9. The number of para-hydroxylation sites is 1. The van der Waals surface area contributed by atoms with Crippen LogP contribution in [0, 0.1) is 0 Å². The van der Waals surface area contributed by atoms with Crippen molar-refractivity contribution >= 4 is 22.7 Å². The van der Waals surface area contributed by atoms with E-state index in [-0.39, 0.29) is 5.78 Å². The van der Waals surface area contributed by atoms with Gasteiger partial charge in [0, 0.05) is 16.6 Å². The van der Waals surface area contributed by atoms with Gasteiger partial charge in [0.1, 0.15) is 0 Å². The third-order valence-electron chi connectivity index (χ3n) is 4.21. The summed E-state index contributed by atoms with van der Waals surface area (Å²) in [7, 11) is 0. The molecule has 26 heavy (non-hydrogen) atoms. The molecule has 0 spiro atoms. The van der Waals surface area contributed by atoms with E-state index in [9.17, 15) is 9.59 Å². The third kappa shape index (κ3) is 3.80. The van der Waals surface area contributed by atoms with Crippen LogP contribution in [0.4, 0.5) is 0 Å². The van der Waals surface area contributed by atoms with E-state index < -0.39 is 12.1 Å². The van der Waals surface area contributed by atoms with Crippen LogP contribution >= 0.6 is 0 Å². The largest absolute Gasteiger partial charge is 0.451 e. The topological polar surface area (TPSA) is 56.3 Å². The maximum atomic E-state index is 12.8. The molecular weight excluding hydrogens is 326 g/mol. The summed E-state index contributed by atoms with van der Waals surface area (Å²) in [6.07, 6.45) is 0.859. The first-order valence-corrected chi connectivity index (χ1v) is 8.79. The number of carbonyl (C=O) groups is 2. The number of nitrogens with zero attached hydrogens (tertiary/aromatic N) is 1. The summed E-state index contributed by atoms with van der Waals surface area (Å²) in [4.78, 5) is 29.8. The Balaban J connectivity index is 1.88. The minimum atomic E-state index is -0.855. The Morgan fingerprint density at radius 1 is 1.04 bits per heavy atom. The fourth-order valence-electron chi connectivity index (χ4n) is 2.90. The first kappa shape index (κ1) is 17.8. The maximum absolute atomic E-state index is 12.8. The Hall–Kier alpha value is -3.01. The van der Waals surface area contributed by atoms with Crippen molar-refractivity contribution in [3.63, 3.8) is 0 Å². The highest BCUT2D eigenvalue weighted by atomic mass is 16.5. The van der Waals surface area contributed by atoms with E-state index in [0.29, 0.717) is 11.1 Å². The SMILES string of the molecule is CCCc1cc(C(=O)OC(C)C(=O)c2ccccc2)c2ccccc2n1. The molecule has 2 aromatic carbocycles. The van der Waals surface area contributed by atoms with Crippen LogP contribution in [0.5, 0.6) is 0 Å². The highest BCUT2D eigenvalue weighted by Gasteiger charge is 2.22. The van der Waals surface area contributed by atoms with Crippen LogP contribution in [0.15, 0.2) is 60.7 Å². The van der Waals surface area contributed by atoms with Crippen molar-refractivity contribution < 1.29 is 14.3 Å². The molecule has 0 saturated heterocycles. The lowest BCUT2D eigenvalue weighted by molar-refractivity contribution is 0.0320. The fourth-order valence-corrected chi connectivity index (χ4v) is 2.90. The number of ketones is 1. The van der Waals surface area contributed by atoms with Crippen LogP contribution in [-0.4, -0.2) is 22.8 Å². The highest BCUT2D eigenvalue weighted by Crippen LogP contribution is 2.21. The molecule has 1 unspecified atom stereocenters. The Morgan fingerprint density at radius 3 is 2.46 bits per heavy atom. The molecule has 0 fully saturated rings. The van der Waals surface area contributed by atoms with E-state index in [1.807, 2.05) is 30.3 Å². The molecule has 0 aliphatic heterocycles. The van der Waals surface area contributed by atoms with Gasteiger partial charge in [-0.1, -0.05) is 61.9 Å². The fraction of sp³-hybridized carbons (Fsp3) is 0.227. The molecule has 1 heterocycles. The van der Waals surface area contributed by atoms with Gasteiger partial charge >= 0.3 is 5.97 Å². The van der Waals surface area contributed by atoms with Gasteiger partial charge in [-0.2, -0.15) is 0 Å². The number of rotatable bonds is 6. The second kappa shape index (κ2) is 7.91. The molecule has 0 radical (unpaired) electrons. The quantitative estimate of drug-likeness (QED) is 0.482. The monoisotopic (exact) mass is 347 g/mol. The van der Waals surface area contributed by atoms with E-state index in [0.717, 1.165) is 29.4 Å². The average molecular weight is 347 g/mol. The van der Waals surface area contributed by atoms with Gasteiger partial charge in [0.15, 0.2) is 6.10 Å². The van der Waals surface area contributed by atoms with E-state index >= 15 is 0 Å². The number of hydrogen-bond acceptors (Lipinski definition) is 4. The molecule has 4 nitrogen and oxygen atoms in total. The molecule has 3 rings (SSSR count). The summed E-state index contributed by atoms with van der Waals surface area (Å²) in [5.74, 6) is -0.719. The standard InChI is InChI=1S/C22H21NO3/c1-3-9-17-14-19(18-12-7-8-13-20(18)23-17)22(25)26-15(2)21(24)16-10-5-4-6-11-16/h4-8,10-15H,3,9H2,1-2H3. The number of hydrogen-bond donors (Lipinski definition) is 0. The third-order valence-corrected chi connectivity index (χ3v) is 4.21. The van der Waals surface area contributed by atoms with Crippen molar-refractivity contribution in [2.24, 2.45) is 0 Å². The van der Waals surface area contributed by atoms with E-state index in [1.165, 1.54) is 0 Å². The normalized spacial score (nSPS) is 11.9. The van der Waals surface area contributed by atoms with Crippen LogP contribution in [0.3, 0.4) is 0 Å². The van der Waals surface area contributed by atoms with E-state index in [4.69, 9.17) is 4.74 Å². The van der Waals surface area contributed by atoms with Gasteiger partial charge in [0.2, 0.25) is 5.78 Å². The zero-order chi connectivity index (χ0) is 18.5. The number of Topliss-reactive ketones (excluding diaryl/α,β-unsaturated/α-hetero) is 1. The molecule has 0 aliphatic carbocycles. The number of aromatic nitrogens is 1. The predicted molar refractivity (Wildman–Crippen MR) is 101 cm³/mol. The predicted octanol–water partition coefficient (Wildman–Crippen LogP) is 4.62. The number of esters is 1. The van der Waals surface area contributed by atoms with E-state index in [1.54, 1.807) is 37.3 Å². The van der Waals surface area contributed by atoms with Gasteiger partial charge in [-0.05, 0) is 25.5 Å². The number of aryl methyl sites for hydroxylation is 1. The first-order valence-electron chi connectivity index (χ1n) is 8.79. The van der Waals surface area contributed by atoms with Crippen LogP contribution in [0.25, 0.3) is 10.9 Å². The number of benzene rings is 2. The Labute approximate surface area is 152 Å². The van der Waals surface area contributed by atoms with Crippen LogP contribution in [-0.2, 0) is 11.2 Å². The van der Waals surface area contributed by atoms with Gasteiger partial charge < -0.3 is 4.74 Å². The molecule has 1 aromatic heterocycles. The Kier molecular flexibility index (Phi) is 5.42. The number of fused-ring (bicyclic) bond motifs is 1. The average Bonchev–Trinajstić information content (AvgIpc) is 2.67. The molecule has 0 bridgehead atoms. The lowest BCUT2D eigenvalue weighted by Crippen LogP contribution is -2.24. The minimum absolute atomic E-state index is 0.217. The van der Waals surface area contributed by atoms with Crippen molar-refractivity contribution in [1.82, 2.24) is 4.98 Å². The van der Waals surface area contributed by atoms with Crippen molar-refractivity contribution in [2.45, 2.75) is 32.8 Å². The summed E-state index contributed by atoms with van der Waals surface area (Å²) < 4.78 is 5.48. The van der Waals surface area contributed by atoms with Crippen LogP contribution < -0.4 is 0 Å². The molecule has 3 aromatic rings. The summed E-state index contributed by atoms with van der Waals surface area (Å²) in [5, 5.41) is 0.733. The second-order valence-corrected chi connectivity index (χ2v) is 6.21. The van der Waals surface area contributed by atoms with E-state index in [2.05, 4.69) is 11.9 Å². The van der Waals surface area contributed by atoms with Crippen molar-refractivity contribution in [3.8, 4) is 0 Å². The van der Waals surface area contributed by atoms with Crippen LogP contribution in [0.2, 0.25) is 0 Å². The molecule has 0 saturated carbocycles. The molecule has 0 amide bonds. The van der Waals surface area contributed by atoms with Crippen molar-refractivity contribution in [3.05, 3.63) is 77.5 Å². The molecule has 132 valence electrons. The number of carbonyl (C=O) groups excluding carboxylic acids is 2. The molecule has 0 N–H and O–H groups in total. The molecular formula is C22H21NO3. The Morgan fingerprint density at radius 2 is 1.73 bits per heavy atom. The second-order valence-electron chi connectivity index (χ2n) is 6.21. The van der Waals surface area contributed by atoms with Crippen LogP contribution in [0.1, 0.15) is 46.7 Å². The summed E-state index contributed by atoms with van der Waals surface area (Å²) in [6.45, 7) is 3.67. The zero-order valence-electron chi connectivity index (χ0n) is 14.9. The van der Waals surface area contributed by atoms with Gasteiger partial charge in [-0.3, -0.25) is 9.78 Å². The number of ether oxygens (including phenoxy) is 1. The van der Waals surface area contributed by atoms with Gasteiger partial charge in [-0.15, -0.1) is 0 Å². The minimum Gasteiger partial charge on any atom is -0.451 e. The lowest BCUT2D eigenvalue weighted by Gasteiger charge is -2.14. The highest BCUT2D eigenvalue weighted by molar-refractivity contribution is 6.06. The van der Waals surface area contributed by atoms with Gasteiger partial charge in [-0.25, -0.2) is 4.79 Å². The number of pyridine rings is 1. The molecule has 0 aliphatic rings. The maximum Gasteiger partial charge on any atom is 0.339 e. The smallest absolute Gasteiger partial charge is 0.339 e. The molecule has 4 heteroatoms. The van der Waals surface area contributed by atoms with Gasteiger partial charge in [0.25, 0.3) is 0 Å². The Bertz CT molecular complexity index is 935. The van der Waals surface area contributed by atoms with Crippen molar-refractivity contribution in [2.75, 3.05) is 0 Å². The van der Waals surface area contributed by atoms with Crippen molar-refractivity contribution in [1.29, 1.82) is 0 Å². The molecule has 1 atom stereocenters. The summed E-state index contributed by atoms with van der Waals surface area (Å²) in [6, 6.07) is 18.1. The lowest BCUT2D eigenvalue weighted by atomic mass is 10.1. The summed E-state index contributed by atoms with van der Waals surface area (Å²) >= 11 is 0. The summed E-state index contributed by atoms with van der Waals surface area (Å²) in [5.41, 5.74) is 2.58.